The predicted octanol–water partition coefficient (Wildman–Crippen LogP) is 7.09. The average Bonchev–Trinajstić information content (AvgIpc) is 2.72. The van der Waals surface area contributed by atoms with Crippen molar-refractivity contribution in [1.82, 2.24) is 9.71 Å². The van der Waals surface area contributed by atoms with Gasteiger partial charge in [0.15, 0.2) is 0 Å². The normalized spacial score (nSPS) is 10.9. The van der Waals surface area contributed by atoms with Gasteiger partial charge in [0.05, 0.1) is 24.0 Å². The molecule has 1 heterocycles. The molecule has 0 amide bonds. The number of aromatic nitrogens is 1. The Balaban J connectivity index is 0.000000481. The van der Waals surface area contributed by atoms with Crippen molar-refractivity contribution >= 4 is 29.8 Å². The number of carbonyl (C=O) groups excluding carboxylic acids is 1. The van der Waals surface area contributed by atoms with E-state index in [-0.39, 0.29) is 12.0 Å². The van der Waals surface area contributed by atoms with Crippen molar-refractivity contribution < 1.29 is 14.1 Å². The maximum atomic E-state index is 10.8. The monoisotopic (exact) mass is 454 g/mol. The lowest BCUT2D eigenvalue weighted by Gasteiger charge is -2.14. The van der Waals surface area contributed by atoms with Gasteiger partial charge >= 0.3 is 5.97 Å². The highest BCUT2D eigenvalue weighted by Crippen LogP contribution is 2.20. The number of esters is 1. The van der Waals surface area contributed by atoms with Crippen molar-refractivity contribution in [3.8, 4) is 0 Å². The third-order valence-corrected chi connectivity index (χ3v) is 4.03. The lowest BCUT2D eigenvalue weighted by molar-refractivity contribution is -0.144. The summed E-state index contributed by atoms with van der Waals surface area (Å²) in [4.78, 5) is 15.0. The molecule has 0 fully saturated rings. The van der Waals surface area contributed by atoms with Crippen molar-refractivity contribution in [2.45, 2.75) is 66.5 Å². The molecule has 0 aliphatic carbocycles. The van der Waals surface area contributed by atoms with Crippen molar-refractivity contribution in [1.29, 1.82) is 0 Å². The van der Waals surface area contributed by atoms with Crippen LogP contribution in [0.25, 0.3) is 0 Å². The molecule has 0 aliphatic heterocycles. The van der Waals surface area contributed by atoms with Crippen LogP contribution in [0.2, 0.25) is 5.02 Å². The molecule has 0 bridgehead atoms. The first-order valence-electron chi connectivity index (χ1n) is 10.2. The number of ether oxygens (including phenoxy) is 1. The molecule has 5 nitrogen and oxygen atoms in total. The summed E-state index contributed by atoms with van der Waals surface area (Å²) in [7, 11) is 0. The third kappa shape index (κ3) is 15.3. The molecule has 0 aliphatic rings. The molecule has 2 N–H and O–H groups in total. The van der Waals surface area contributed by atoms with Gasteiger partial charge in [-0.2, -0.15) is 0 Å². The van der Waals surface area contributed by atoms with Gasteiger partial charge in [-0.1, -0.05) is 83.0 Å². The van der Waals surface area contributed by atoms with Crippen molar-refractivity contribution in [2.24, 2.45) is 5.92 Å². The van der Waals surface area contributed by atoms with E-state index in [0.29, 0.717) is 30.3 Å². The molecule has 1 aromatic heterocycles. The minimum atomic E-state index is -0.154. The number of pyridine rings is 1. The highest BCUT2D eigenvalue weighted by molar-refractivity contribution is 7.91. The first kappa shape index (κ1) is 28.4. The molecule has 1 unspecified atom stereocenters. The number of nitrogens with zero attached hydrogens (tertiary/aromatic N) is 1. The summed E-state index contributed by atoms with van der Waals surface area (Å²) < 4.78 is 16.6. The van der Waals surface area contributed by atoms with Crippen molar-refractivity contribution in [2.75, 3.05) is 0 Å². The van der Waals surface area contributed by atoms with Crippen LogP contribution in [-0.2, 0) is 16.1 Å². The van der Waals surface area contributed by atoms with E-state index in [1.54, 1.807) is 19.2 Å². The van der Waals surface area contributed by atoms with E-state index < -0.39 is 0 Å². The van der Waals surface area contributed by atoms with Gasteiger partial charge in [0.1, 0.15) is 6.61 Å². The standard InChI is InChI=1S/C10H12O2.C9H13ClN2OS.C4H10/c1-2-10(11)12-8-9-6-4-3-5-7-9;1-2-3-8(12-14-13)9-6-7(10)4-5-11-9;1-4(2)3/h3-7H,2,8H2,1H3;4-6,8,12-13H,2-3H2,1H3;4H,1-3H3. The summed E-state index contributed by atoms with van der Waals surface area (Å²) in [6.07, 6.45) is 4.05. The Labute approximate surface area is 190 Å². The SMILES string of the molecule is CC(C)C.CCC(=O)OCc1ccccc1.CCCC(NSO)c1cc(Cl)ccn1. The highest BCUT2D eigenvalue weighted by Gasteiger charge is 2.11. The Hall–Kier alpha value is -1.60. The molecule has 0 spiro atoms. The van der Waals surface area contributed by atoms with E-state index in [4.69, 9.17) is 20.9 Å². The van der Waals surface area contributed by atoms with Crippen LogP contribution in [-0.4, -0.2) is 15.5 Å². The zero-order chi connectivity index (χ0) is 22.8. The fourth-order valence-electron chi connectivity index (χ4n) is 2.07. The van der Waals surface area contributed by atoms with E-state index in [2.05, 4.69) is 37.4 Å². The summed E-state index contributed by atoms with van der Waals surface area (Å²) in [6, 6.07) is 13.3. The van der Waals surface area contributed by atoms with Crippen LogP contribution in [0.3, 0.4) is 0 Å². The maximum absolute atomic E-state index is 10.8. The number of halogens is 1. The number of benzene rings is 1. The Morgan fingerprint density at radius 2 is 1.83 bits per heavy atom. The molecule has 2 rings (SSSR count). The zero-order valence-electron chi connectivity index (χ0n) is 18.6. The predicted molar refractivity (Wildman–Crippen MR) is 127 cm³/mol. The van der Waals surface area contributed by atoms with Crippen LogP contribution >= 0.6 is 23.8 Å². The number of nitrogens with one attached hydrogen (secondary N) is 1. The van der Waals surface area contributed by atoms with Gasteiger partial charge < -0.3 is 9.29 Å². The Morgan fingerprint density at radius 1 is 1.20 bits per heavy atom. The number of hydrogen-bond acceptors (Lipinski definition) is 6. The summed E-state index contributed by atoms with van der Waals surface area (Å²) in [5.74, 6) is 0.679. The van der Waals surface area contributed by atoms with Crippen LogP contribution in [0.15, 0.2) is 48.7 Å². The van der Waals surface area contributed by atoms with Crippen molar-refractivity contribution in [3.05, 3.63) is 64.9 Å². The zero-order valence-corrected chi connectivity index (χ0v) is 20.2. The Morgan fingerprint density at radius 3 is 2.33 bits per heavy atom. The molecule has 0 saturated heterocycles. The van der Waals surface area contributed by atoms with Crippen molar-refractivity contribution in [3.63, 3.8) is 0 Å². The second kappa shape index (κ2) is 18.2. The van der Waals surface area contributed by atoms with Gasteiger partial charge in [-0.3, -0.25) is 9.78 Å². The van der Waals surface area contributed by atoms with E-state index in [9.17, 15) is 4.79 Å². The summed E-state index contributed by atoms with van der Waals surface area (Å²) in [6.45, 7) is 10.8. The molecule has 168 valence electrons. The van der Waals surface area contributed by atoms with Gasteiger partial charge in [0.25, 0.3) is 0 Å². The second-order valence-corrected chi connectivity index (χ2v) is 8.04. The van der Waals surface area contributed by atoms with Crippen LogP contribution < -0.4 is 4.72 Å². The first-order chi connectivity index (χ1) is 14.3. The quantitative estimate of drug-likeness (QED) is 0.252. The number of hydrogen-bond donors (Lipinski definition) is 2. The smallest absolute Gasteiger partial charge is 0.305 e. The fourth-order valence-corrected chi connectivity index (χ4v) is 2.61. The molecule has 30 heavy (non-hydrogen) atoms. The Bertz CT molecular complexity index is 678. The second-order valence-electron chi connectivity index (χ2n) is 7.18. The maximum Gasteiger partial charge on any atom is 0.305 e. The van der Waals surface area contributed by atoms with Gasteiger partial charge in [0, 0.05) is 17.6 Å². The van der Waals surface area contributed by atoms with Gasteiger partial charge in [0.2, 0.25) is 0 Å². The first-order valence-corrected chi connectivity index (χ1v) is 11.4. The minimum absolute atomic E-state index is 0.0497. The minimum Gasteiger partial charge on any atom is -0.461 e. The molecule has 2 aromatic rings. The topological polar surface area (TPSA) is 71.5 Å². The van der Waals surface area contributed by atoms with Gasteiger partial charge in [-0.25, -0.2) is 4.72 Å². The van der Waals surface area contributed by atoms with Crippen LogP contribution in [0.1, 0.15) is 71.2 Å². The summed E-state index contributed by atoms with van der Waals surface area (Å²) in [5.41, 5.74) is 1.89. The lowest BCUT2D eigenvalue weighted by atomic mass is 10.1. The van der Waals surface area contributed by atoms with E-state index in [1.165, 1.54) is 0 Å². The molecule has 1 atom stereocenters. The molecule has 0 saturated carbocycles. The van der Waals surface area contributed by atoms with E-state index in [1.807, 2.05) is 36.4 Å². The highest BCUT2D eigenvalue weighted by atomic mass is 35.5. The molecule has 0 radical (unpaired) electrons. The van der Waals surface area contributed by atoms with E-state index in [0.717, 1.165) is 30.0 Å². The molecule has 1 aromatic carbocycles. The number of rotatable bonds is 8. The van der Waals surface area contributed by atoms with Gasteiger partial charge in [-0.15, -0.1) is 0 Å². The van der Waals surface area contributed by atoms with Gasteiger partial charge in [-0.05, 0) is 30.0 Å². The average molecular weight is 455 g/mol. The fraction of sp³-hybridized carbons (Fsp3) is 0.478. The van der Waals surface area contributed by atoms with Crippen LogP contribution in [0.4, 0.5) is 0 Å². The van der Waals surface area contributed by atoms with Crippen LogP contribution in [0, 0.1) is 5.92 Å². The largest absolute Gasteiger partial charge is 0.461 e. The molecule has 7 heteroatoms. The number of carbonyl (C=O) groups is 1. The summed E-state index contributed by atoms with van der Waals surface area (Å²) >= 11 is 6.47. The Kier molecular flexibility index (Phi) is 17.2. The summed E-state index contributed by atoms with van der Waals surface area (Å²) in [5, 5.41) is 0.667. The van der Waals surface area contributed by atoms with E-state index >= 15 is 0 Å². The van der Waals surface area contributed by atoms with Crippen LogP contribution in [0.5, 0.6) is 0 Å². The third-order valence-electron chi connectivity index (χ3n) is 3.40. The molecular formula is C23H35ClN2O3S. The molecular weight excluding hydrogens is 420 g/mol. The lowest BCUT2D eigenvalue weighted by Crippen LogP contribution is -2.14.